The largest absolute Gasteiger partial charge is 0.497 e. The highest BCUT2D eigenvalue weighted by molar-refractivity contribution is 5.79. The lowest BCUT2D eigenvalue weighted by Crippen LogP contribution is -2.39. The third kappa shape index (κ3) is 5.67. The van der Waals surface area contributed by atoms with Crippen molar-refractivity contribution in [3.05, 3.63) is 59.4 Å². The molecule has 136 valence electrons. The van der Waals surface area contributed by atoms with Crippen LogP contribution in [0.3, 0.4) is 0 Å². The van der Waals surface area contributed by atoms with Crippen LogP contribution < -0.4 is 20.1 Å². The highest BCUT2D eigenvalue weighted by Crippen LogP contribution is 2.16. The molecule has 0 aliphatic heterocycles. The summed E-state index contributed by atoms with van der Waals surface area (Å²) in [4.78, 5) is 4.08. The van der Waals surface area contributed by atoms with Crippen LogP contribution in [0.4, 0.5) is 4.39 Å². The summed E-state index contributed by atoms with van der Waals surface area (Å²) < 4.78 is 24.6. The van der Waals surface area contributed by atoms with Crippen molar-refractivity contribution >= 4 is 5.96 Å². The number of guanidine groups is 1. The van der Waals surface area contributed by atoms with Crippen molar-refractivity contribution in [1.82, 2.24) is 10.6 Å². The molecule has 2 aromatic rings. The lowest BCUT2D eigenvalue weighted by molar-refractivity contribution is 0.321. The van der Waals surface area contributed by atoms with E-state index in [1.165, 1.54) is 6.07 Å². The van der Waals surface area contributed by atoms with E-state index in [1.54, 1.807) is 26.3 Å². The van der Waals surface area contributed by atoms with Gasteiger partial charge in [-0.05, 0) is 36.4 Å². The monoisotopic (exact) mass is 356 g/mol. The Bertz CT molecular complexity index is 785. The fraction of sp³-hybridized carbons (Fsp3) is 0.263. The van der Waals surface area contributed by atoms with E-state index in [2.05, 4.69) is 15.6 Å². The lowest BCUT2D eigenvalue weighted by Gasteiger charge is -2.13. The van der Waals surface area contributed by atoms with Crippen LogP contribution in [0.25, 0.3) is 0 Å². The molecule has 0 amide bonds. The van der Waals surface area contributed by atoms with Crippen molar-refractivity contribution in [2.45, 2.75) is 6.54 Å². The van der Waals surface area contributed by atoms with Crippen LogP contribution in [-0.2, 0) is 6.54 Å². The molecule has 2 N–H and O–H groups in total. The molecule has 0 spiro atoms. The molecule has 0 radical (unpaired) electrons. The summed E-state index contributed by atoms with van der Waals surface area (Å²) in [5.41, 5.74) is 0.755. The molecular formula is C19H21FN4O2. The van der Waals surface area contributed by atoms with E-state index in [4.69, 9.17) is 14.7 Å². The van der Waals surface area contributed by atoms with Crippen molar-refractivity contribution in [3.8, 4) is 17.6 Å². The van der Waals surface area contributed by atoms with E-state index in [-0.39, 0.29) is 6.54 Å². The molecule has 0 saturated heterocycles. The van der Waals surface area contributed by atoms with Crippen LogP contribution >= 0.6 is 0 Å². The smallest absolute Gasteiger partial charge is 0.191 e. The summed E-state index contributed by atoms with van der Waals surface area (Å²) in [6, 6.07) is 13.6. The second-order valence-electron chi connectivity index (χ2n) is 5.29. The van der Waals surface area contributed by atoms with Crippen LogP contribution in [0.2, 0.25) is 0 Å². The zero-order valence-corrected chi connectivity index (χ0v) is 14.8. The lowest BCUT2D eigenvalue weighted by atomic mass is 10.1. The zero-order valence-electron chi connectivity index (χ0n) is 14.8. The Kier molecular flexibility index (Phi) is 7.25. The maximum atomic E-state index is 13.9. The molecule has 0 heterocycles. The first-order valence-electron chi connectivity index (χ1n) is 8.06. The van der Waals surface area contributed by atoms with Gasteiger partial charge in [0.1, 0.15) is 23.9 Å². The molecule has 0 saturated carbocycles. The molecule has 0 bridgehead atoms. The second kappa shape index (κ2) is 9.89. The highest BCUT2D eigenvalue weighted by Gasteiger charge is 2.05. The number of rotatable bonds is 7. The summed E-state index contributed by atoms with van der Waals surface area (Å²) in [5, 5.41) is 14.9. The van der Waals surface area contributed by atoms with Crippen LogP contribution in [0.5, 0.6) is 11.5 Å². The van der Waals surface area contributed by atoms with Gasteiger partial charge >= 0.3 is 0 Å². The Hall–Kier alpha value is -3.27. The molecule has 0 aliphatic rings. The Morgan fingerprint density at radius 1 is 1.15 bits per heavy atom. The Balaban J connectivity index is 1.74. The van der Waals surface area contributed by atoms with Gasteiger partial charge in [-0.15, -0.1) is 0 Å². The Labute approximate surface area is 152 Å². The summed E-state index contributed by atoms with van der Waals surface area (Å²) in [6.07, 6.45) is 0. The first-order valence-corrected chi connectivity index (χ1v) is 8.06. The van der Waals surface area contributed by atoms with Gasteiger partial charge in [0.2, 0.25) is 0 Å². The van der Waals surface area contributed by atoms with E-state index in [0.29, 0.717) is 30.2 Å². The molecule has 2 aromatic carbocycles. The second-order valence-corrected chi connectivity index (χ2v) is 5.29. The SMILES string of the molecule is CN=C(NCCOc1ccc(OC)cc1)NCc1ccc(C#N)cc1F. The van der Waals surface area contributed by atoms with E-state index < -0.39 is 5.82 Å². The third-order valence-corrected chi connectivity index (χ3v) is 3.57. The van der Waals surface area contributed by atoms with Crippen molar-refractivity contribution in [3.63, 3.8) is 0 Å². The van der Waals surface area contributed by atoms with E-state index >= 15 is 0 Å². The topological polar surface area (TPSA) is 78.7 Å². The quantitative estimate of drug-likeness (QED) is 0.453. The Morgan fingerprint density at radius 3 is 2.50 bits per heavy atom. The third-order valence-electron chi connectivity index (χ3n) is 3.57. The number of aliphatic imine (C=N–C) groups is 1. The number of halogens is 1. The molecule has 0 aliphatic carbocycles. The fourth-order valence-corrected chi connectivity index (χ4v) is 2.17. The van der Waals surface area contributed by atoms with Gasteiger partial charge in [0.05, 0.1) is 25.3 Å². The molecule has 0 fully saturated rings. The maximum Gasteiger partial charge on any atom is 0.191 e. The predicted octanol–water partition coefficient (Wildman–Crippen LogP) is 2.45. The standard InChI is InChI=1S/C19H21FN4O2/c1-22-19(24-13-15-4-3-14(12-21)11-18(15)20)23-9-10-26-17-7-5-16(25-2)6-8-17/h3-8,11H,9-10,13H2,1-2H3,(H2,22,23,24). The van der Waals surface area contributed by atoms with E-state index in [0.717, 1.165) is 11.5 Å². The number of ether oxygens (including phenoxy) is 2. The summed E-state index contributed by atoms with van der Waals surface area (Å²) in [5.74, 6) is 1.63. The molecule has 0 atom stereocenters. The predicted molar refractivity (Wildman–Crippen MR) is 97.8 cm³/mol. The molecule has 6 nitrogen and oxygen atoms in total. The number of nitrogens with zero attached hydrogens (tertiary/aromatic N) is 2. The zero-order chi connectivity index (χ0) is 18.8. The summed E-state index contributed by atoms with van der Waals surface area (Å²) in [7, 11) is 3.25. The van der Waals surface area contributed by atoms with Crippen LogP contribution in [0, 0.1) is 17.1 Å². The number of nitrogens with one attached hydrogen (secondary N) is 2. The summed E-state index contributed by atoms with van der Waals surface area (Å²) in [6.45, 7) is 1.23. The highest BCUT2D eigenvalue weighted by atomic mass is 19.1. The number of nitriles is 1. The van der Waals surface area contributed by atoms with Crippen molar-refractivity contribution in [1.29, 1.82) is 5.26 Å². The van der Waals surface area contributed by atoms with Gasteiger partial charge in [0.25, 0.3) is 0 Å². The number of hydrogen-bond donors (Lipinski definition) is 2. The van der Waals surface area contributed by atoms with Gasteiger partial charge in [-0.25, -0.2) is 4.39 Å². The van der Waals surface area contributed by atoms with Crippen molar-refractivity contribution in [2.75, 3.05) is 27.3 Å². The fourth-order valence-electron chi connectivity index (χ4n) is 2.17. The van der Waals surface area contributed by atoms with Gasteiger partial charge in [-0.1, -0.05) is 6.07 Å². The maximum absolute atomic E-state index is 13.9. The molecule has 0 aromatic heterocycles. The molecule has 2 rings (SSSR count). The minimum atomic E-state index is -0.421. The van der Waals surface area contributed by atoms with Crippen LogP contribution in [0.15, 0.2) is 47.5 Å². The minimum Gasteiger partial charge on any atom is -0.497 e. The molecule has 0 unspecified atom stereocenters. The van der Waals surface area contributed by atoms with E-state index in [9.17, 15) is 4.39 Å². The minimum absolute atomic E-state index is 0.260. The van der Waals surface area contributed by atoms with Crippen molar-refractivity contribution < 1.29 is 13.9 Å². The average molecular weight is 356 g/mol. The number of hydrogen-bond acceptors (Lipinski definition) is 4. The first kappa shape index (κ1) is 19.1. The summed E-state index contributed by atoms with van der Waals surface area (Å²) >= 11 is 0. The molecular weight excluding hydrogens is 335 g/mol. The van der Waals surface area contributed by atoms with Crippen molar-refractivity contribution in [2.24, 2.45) is 4.99 Å². The van der Waals surface area contributed by atoms with Crippen LogP contribution in [-0.4, -0.2) is 33.3 Å². The number of methoxy groups -OCH3 is 1. The van der Waals surface area contributed by atoms with E-state index in [1.807, 2.05) is 30.3 Å². The van der Waals surface area contributed by atoms with Gasteiger partial charge < -0.3 is 20.1 Å². The molecule has 7 heteroatoms. The van der Waals surface area contributed by atoms with Gasteiger partial charge in [-0.3, -0.25) is 4.99 Å². The van der Waals surface area contributed by atoms with Gasteiger partial charge in [-0.2, -0.15) is 5.26 Å². The first-order chi connectivity index (χ1) is 12.7. The Morgan fingerprint density at radius 2 is 1.88 bits per heavy atom. The van der Waals surface area contributed by atoms with Crippen LogP contribution in [0.1, 0.15) is 11.1 Å². The normalized spacial score (nSPS) is 10.8. The number of benzene rings is 2. The average Bonchev–Trinajstić information content (AvgIpc) is 2.68. The van der Waals surface area contributed by atoms with Gasteiger partial charge in [0.15, 0.2) is 5.96 Å². The van der Waals surface area contributed by atoms with Gasteiger partial charge in [0, 0.05) is 19.2 Å². The molecule has 26 heavy (non-hydrogen) atoms.